The van der Waals surface area contributed by atoms with E-state index in [-0.39, 0.29) is 5.56 Å². The van der Waals surface area contributed by atoms with Crippen LogP contribution in [-0.2, 0) is 0 Å². The van der Waals surface area contributed by atoms with E-state index in [1.54, 1.807) is 0 Å². The van der Waals surface area contributed by atoms with E-state index >= 15 is 0 Å². The molecule has 1 aromatic rings. The van der Waals surface area contributed by atoms with Crippen molar-refractivity contribution in [2.45, 2.75) is 12.2 Å². The molecular formula is C9H9ClF3N. The molecule has 0 spiro atoms. The molecule has 0 saturated heterocycles. The smallest absolute Gasteiger partial charge is 0.306 e. The van der Waals surface area contributed by atoms with Gasteiger partial charge in [0.05, 0.1) is 0 Å². The lowest BCUT2D eigenvalue weighted by Gasteiger charge is -2.19. The third kappa shape index (κ3) is 2.62. The number of benzene rings is 1. The third-order valence-corrected chi connectivity index (χ3v) is 2.07. The van der Waals surface area contributed by atoms with Crippen LogP contribution in [0.15, 0.2) is 24.3 Å². The predicted molar refractivity (Wildman–Crippen MR) is 49.3 cm³/mol. The van der Waals surface area contributed by atoms with Crippen LogP contribution in [0.4, 0.5) is 13.2 Å². The van der Waals surface area contributed by atoms with E-state index < -0.39 is 12.2 Å². The van der Waals surface area contributed by atoms with E-state index in [1.165, 1.54) is 31.3 Å². The number of halogens is 4. The molecule has 0 aromatic heterocycles. The number of nitrogens with one attached hydrogen (secondary N) is 1. The summed E-state index contributed by atoms with van der Waals surface area (Å²) in [5.74, 6) is 0. The molecule has 1 aromatic carbocycles. The minimum atomic E-state index is -4.29. The van der Waals surface area contributed by atoms with Gasteiger partial charge in [-0.25, -0.2) is 0 Å². The van der Waals surface area contributed by atoms with Crippen molar-refractivity contribution in [1.29, 1.82) is 0 Å². The second-order valence-electron chi connectivity index (χ2n) is 2.81. The first kappa shape index (κ1) is 11.3. The molecule has 1 N–H and O–H groups in total. The van der Waals surface area contributed by atoms with Crippen molar-refractivity contribution in [3.8, 4) is 0 Å². The molecule has 1 nitrogen and oxygen atoms in total. The van der Waals surface area contributed by atoms with Crippen molar-refractivity contribution in [3.63, 3.8) is 0 Å². The lowest BCUT2D eigenvalue weighted by Crippen LogP contribution is -2.31. The zero-order valence-corrected chi connectivity index (χ0v) is 8.15. The van der Waals surface area contributed by atoms with Crippen LogP contribution in [0.5, 0.6) is 0 Å². The summed E-state index contributed by atoms with van der Waals surface area (Å²) in [6, 6.07) is 3.95. The van der Waals surface area contributed by atoms with Crippen molar-refractivity contribution in [1.82, 2.24) is 5.32 Å². The van der Waals surface area contributed by atoms with Gasteiger partial charge < -0.3 is 5.32 Å². The Morgan fingerprint density at radius 3 is 2.07 bits per heavy atom. The minimum absolute atomic E-state index is 0.157. The molecule has 0 aliphatic rings. The molecule has 0 heterocycles. The highest BCUT2D eigenvalue weighted by Crippen LogP contribution is 2.32. The highest BCUT2D eigenvalue weighted by Gasteiger charge is 2.39. The molecule has 0 radical (unpaired) electrons. The van der Waals surface area contributed by atoms with Gasteiger partial charge in [-0.2, -0.15) is 13.2 Å². The summed E-state index contributed by atoms with van der Waals surface area (Å²) in [6.45, 7) is 0. The fourth-order valence-electron chi connectivity index (χ4n) is 1.17. The Kier molecular flexibility index (Phi) is 3.39. The summed E-state index contributed by atoms with van der Waals surface area (Å²) in [5.41, 5.74) is 0.157. The van der Waals surface area contributed by atoms with Crippen molar-refractivity contribution in [3.05, 3.63) is 34.9 Å². The Labute approximate surface area is 84.9 Å². The molecule has 0 saturated carbocycles. The van der Waals surface area contributed by atoms with Gasteiger partial charge in [0.15, 0.2) is 0 Å². The SMILES string of the molecule is CNC(c1ccc(Cl)cc1)C(F)(F)F. The second-order valence-corrected chi connectivity index (χ2v) is 3.25. The molecule has 0 aliphatic carbocycles. The number of rotatable bonds is 2. The van der Waals surface area contributed by atoms with E-state index in [2.05, 4.69) is 5.32 Å². The lowest BCUT2D eigenvalue weighted by atomic mass is 10.1. The van der Waals surface area contributed by atoms with Crippen molar-refractivity contribution in [2.24, 2.45) is 0 Å². The van der Waals surface area contributed by atoms with Crippen LogP contribution in [0, 0.1) is 0 Å². The maximum atomic E-state index is 12.4. The first-order valence-corrected chi connectivity index (χ1v) is 4.32. The summed E-state index contributed by atoms with van der Waals surface area (Å²) in [6.07, 6.45) is -4.29. The van der Waals surface area contributed by atoms with Gasteiger partial charge in [0.1, 0.15) is 6.04 Å². The highest BCUT2D eigenvalue weighted by atomic mass is 35.5. The number of hydrogen-bond acceptors (Lipinski definition) is 1. The normalized spacial score (nSPS) is 14.1. The standard InChI is InChI=1S/C9H9ClF3N/c1-14-8(9(11,12)13)6-2-4-7(10)5-3-6/h2-5,8,14H,1H3. The van der Waals surface area contributed by atoms with Gasteiger partial charge in [-0.15, -0.1) is 0 Å². The first-order chi connectivity index (χ1) is 6.45. The monoisotopic (exact) mass is 223 g/mol. The maximum Gasteiger partial charge on any atom is 0.407 e. The highest BCUT2D eigenvalue weighted by molar-refractivity contribution is 6.30. The summed E-state index contributed by atoms with van der Waals surface area (Å²) in [7, 11) is 1.27. The fraction of sp³-hybridized carbons (Fsp3) is 0.333. The summed E-state index contributed by atoms with van der Waals surface area (Å²) >= 11 is 5.57. The van der Waals surface area contributed by atoms with Crippen LogP contribution in [0.3, 0.4) is 0 Å². The summed E-state index contributed by atoms with van der Waals surface area (Å²) in [4.78, 5) is 0. The largest absolute Gasteiger partial charge is 0.407 e. The molecule has 5 heteroatoms. The first-order valence-electron chi connectivity index (χ1n) is 3.94. The molecular weight excluding hydrogens is 215 g/mol. The Hall–Kier alpha value is -0.740. The Balaban J connectivity index is 2.96. The van der Waals surface area contributed by atoms with Gasteiger partial charge in [-0.05, 0) is 24.7 Å². The molecule has 1 unspecified atom stereocenters. The van der Waals surface area contributed by atoms with Crippen molar-refractivity contribution < 1.29 is 13.2 Å². The van der Waals surface area contributed by atoms with E-state index in [0.29, 0.717) is 5.02 Å². The molecule has 0 aliphatic heterocycles. The molecule has 78 valence electrons. The average molecular weight is 224 g/mol. The topological polar surface area (TPSA) is 12.0 Å². The number of hydrogen-bond donors (Lipinski definition) is 1. The van der Waals surface area contributed by atoms with Crippen molar-refractivity contribution in [2.75, 3.05) is 7.05 Å². The molecule has 0 amide bonds. The van der Waals surface area contributed by atoms with Gasteiger partial charge in [-0.3, -0.25) is 0 Å². The summed E-state index contributed by atoms with van der Waals surface area (Å²) in [5, 5.41) is 2.63. The van der Waals surface area contributed by atoms with Gasteiger partial charge in [0, 0.05) is 5.02 Å². The van der Waals surface area contributed by atoms with Crippen LogP contribution in [0.2, 0.25) is 5.02 Å². The number of alkyl halides is 3. The van der Waals surface area contributed by atoms with E-state index in [0.717, 1.165) is 0 Å². The van der Waals surface area contributed by atoms with Gasteiger partial charge in [0.2, 0.25) is 0 Å². The molecule has 14 heavy (non-hydrogen) atoms. The fourth-order valence-corrected chi connectivity index (χ4v) is 1.30. The summed E-state index contributed by atoms with van der Waals surface area (Å²) < 4.78 is 37.2. The third-order valence-electron chi connectivity index (χ3n) is 1.82. The Bertz CT molecular complexity index is 294. The van der Waals surface area contributed by atoms with E-state index in [9.17, 15) is 13.2 Å². The van der Waals surface area contributed by atoms with Gasteiger partial charge >= 0.3 is 6.18 Å². The molecule has 0 fully saturated rings. The average Bonchev–Trinajstić information content (AvgIpc) is 2.07. The zero-order chi connectivity index (χ0) is 10.8. The van der Waals surface area contributed by atoms with Crippen LogP contribution >= 0.6 is 11.6 Å². The van der Waals surface area contributed by atoms with Gasteiger partial charge in [0.25, 0.3) is 0 Å². The van der Waals surface area contributed by atoms with E-state index in [4.69, 9.17) is 11.6 Å². The van der Waals surface area contributed by atoms with E-state index in [1.807, 2.05) is 0 Å². The van der Waals surface area contributed by atoms with Crippen molar-refractivity contribution >= 4 is 11.6 Å². The van der Waals surface area contributed by atoms with Crippen LogP contribution in [0.25, 0.3) is 0 Å². The maximum absolute atomic E-state index is 12.4. The molecule has 1 atom stereocenters. The quantitative estimate of drug-likeness (QED) is 0.812. The zero-order valence-electron chi connectivity index (χ0n) is 7.40. The second kappa shape index (κ2) is 4.19. The van der Waals surface area contributed by atoms with Gasteiger partial charge in [-0.1, -0.05) is 23.7 Å². The predicted octanol–water partition coefficient (Wildman–Crippen LogP) is 3.16. The molecule has 1 rings (SSSR count). The van der Waals surface area contributed by atoms with Crippen LogP contribution in [-0.4, -0.2) is 13.2 Å². The lowest BCUT2D eigenvalue weighted by molar-refractivity contribution is -0.156. The Morgan fingerprint density at radius 2 is 1.71 bits per heavy atom. The van der Waals surface area contributed by atoms with Crippen LogP contribution < -0.4 is 5.32 Å². The van der Waals surface area contributed by atoms with Crippen LogP contribution in [0.1, 0.15) is 11.6 Å². The minimum Gasteiger partial charge on any atom is -0.306 e. The Morgan fingerprint density at radius 1 is 1.21 bits per heavy atom. The molecule has 0 bridgehead atoms.